The van der Waals surface area contributed by atoms with Crippen molar-refractivity contribution in [3.63, 3.8) is 0 Å². The van der Waals surface area contributed by atoms with Crippen molar-refractivity contribution in [3.8, 4) is 11.3 Å². The number of aromatic amines is 2. The van der Waals surface area contributed by atoms with Gasteiger partial charge in [-0.2, -0.15) is 0 Å². The maximum absolute atomic E-state index is 11.8. The van der Waals surface area contributed by atoms with Gasteiger partial charge < -0.3 is 9.97 Å². The van der Waals surface area contributed by atoms with Gasteiger partial charge in [-0.15, -0.1) is 0 Å². The number of aromatic nitrogens is 4. The van der Waals surface area contributed by atoms with Gasteiger partial charge in [0.2, 0.25) is 0 Å². The Hall–Kier alpha value is -2.66. The molecule has 0 aliphatic rings. The molecule has 3 aromatic heterocycles. The van der Waals surface area contributed by atoms with Gasteiger partial charge in [-0.1, -0.05) is 43.6 Å². The number of halogens is 1. The quantitative estimate of drug-likeness (QED) is 0.516. The number of nitrogens with zero attached hydrogens (tertiary/aromatic N) is 2. The van der Waals surface area contributed by atoms with E-state index in [2.05, 4.69) is 19.9 Å². The van der Waals surface area contributed by atoms with Crippen LogP contribution in [0.25, 0.3) is 33.2 Å². The van der Waals surface area contributed by atoms with E-state index in [1.54, 1.807) is 12.1 Å². The number of H-pyrrole nitrogens is 2. The van der Waals surface area contributed by atoms with Crippen molar-refractivity contribution in [2.75, 3.05) is 0 Å². The second kappa shape index (κ2) is 6.22. The van der Waals surface area contributed by atoms with Crippen molar-refractivity contribution >= 4 is 33.5 Å². The van der Waals surface area contributed by atoms with Gasteiger partial charge in [0.1, 0.15) is 10.8 Å². The number of fused-ring (bicyclic) bond motifs is 2. The fraction of sp³-hybridized carbons (Fsp3) is 0.118. The lowest BCUT2D eigenvalue weighted by molar-refractivity contribution is 1.16. The summed E-state index contributed by atoms with van der Waals surface area (Å²) in [5, 5.41) is 1.94. The van der Waals surface area contributed by atoms with Gasteiger partial charge in [0.05, 0.1) is 22.9 Å². The predicted octanol–water partition coefficient (Wildman–Crippen LogP) is 4.15. The normalized spacial score (nSPS) is 10.6. The summed E-state index contributed by atoms with van der Waals surface area (Å²) in [5.74, 6) is 0. The third kappa shape index (κ3) is 2.71. The average molecular weight is 327 g/mol. The molecule has 0 fully saturated rings. The van der Waals surface area contributed by atoms with Gasteiger partial charge in [-0.05, 0) is 18.2 Å². The molecule has 23 heavy (non-hydrogen) atoms. The molecular weight excluding hydrogens is 312 g/mol. The summed E-state index contributed by atoms with van der Waals surface area (Å²) in [6.07, 6.45) is 1.38. The summed E-state index contributed by atoms with van der Waals surface area (Å²) >= 11 is 5.99. The molecular formula is C17H15ClN4O. The smallest absolute Gasteiger partial charge is 0.260 e. The van der Waals surface area contributed by atoms with Crippen LogP contribution in [0.15, 0.2) is 47.5 Å². The maximum atomic E-state index is 11.8. The van der Waals surface area contributed by atoms with E-state index in [1.807, 2.05) is 38.1 Å². The monoisotopic (exact) mass is 326 g/mol. The Morgan fingerprint density at radius 1 is 1.13 bits per heavy atom. The Morgan fingerprint density at radius 3 is 2.74 bits per heavy atom. The first-order chi connectivity index (χ1) is 11.2. The van der Waals surface area contributed by atoms with Crippen LogP contribution in [0, 0.1) is 0 Å². The SMILES string of the molecule is CC.O=c1[nH]cnc2[nH]c(-c3cccc4ccc(Cl)nc34)cc12. The lowest BCUT2D eigenvalue weighted by Crippen LogP contribution is -2.04. The van der Waals surface area contributed by atoms with Gasteiger partial charge in [0.25, 0.3) is 5.56 Å². The molecule has 0 atom stereocenters. The number of benzene rings is 1. The minimum Gasteiger partial charge on any atom is -0.339 e. The van der Waals surface area contributed by atoms with Crippen LogP contribution in [0.1, 0.15) is 13.8 Å². The number of hydrogen-bond acceptors (Lipinski definition) is 3. The Labute approximate surface area is 137 Å². The predicted molar refractivity (Wildman–Crippen MR) is 93.8 cm³/mol. The molecule has 0 aliphatic heterocycles. The fourth-order valence-corrected chi connectivity index (χ4v) is 2.58. The van der Waals surface area contributed by atoms with E-state index in [0.29, 0.717) is 16.2 Å². The molecule has 0 saturated carbocycles. The van der Waals surface area contributed by atoms with Crippen LogP contribution in [0.5, 0.6) is 0 Å². The Morgan fingerprint density at radius 2 is 1.96 bits per heavy atom. The van der Waals surface area contributed by atoms with Crippen molar-refractivity contribution in [2.24, 2.45) is 0 Å². The minimum absolute atomic E-state index is 0.172. The second-order valence-electron chi connectivity index (χ2n) is 4.69. The zero-order chi connectivity index (χ0) is 16.4. The summed E-state index contributed by atoms with van der Waals surface area (Å²) in [4.78, 5) is 26.0. The zero-order valence-corrected chi connectivity index (χ0v) is 13.5. The maximum Gasteiger partial charge on any atom is 0.260 e. The summed E-state index contributed by atoms with van der Waals surface area (Å²) < 4.78 is 0. The fourth-order valence-electron chi connectivity index (χ4n) is 2.44. The topological polar surface area (TPSA) is 74.4 Å². The summed E-state index contributed by atoms with van der Waals surface area (Å²) in [6.45, 7) is 4.00. The second-order valence-corrected chi connectivity index (χ2v) is 5.08. The highest BCUT2D eigenvalue weighted by atomic mass is 35.5. The van der Waals surface area contributed by atoms with Crippen LogP contribution in [0.3, 0.4) is 0 Å². The lowest BCUT2D eigenvalue weighted by atomic mass is 10.1. The van der Waals surface area contributed by atoms with E-state index >= 15 is 0 Å². The molecule has 2 N–H and O–H groups in total. The molecule has 3 heterocycles. The highest BCUT2D eigenvalue weighted by molar-refractivity contribution is 6.29. The van der Waals surface area contributed by atoms with Crippen LogP contribution in [-0.4, -0.2) is 19.9 Å². The number of rotatable bonds is 1. The summed E-state index contributed by atoms with van der Waals surface area (Å²) in [6, 6.07) is 11.3. The van der Waals surface area contributed by atoms with Gasteiger partial charge >= 0.3 is 0 Å². The van der Waals surface area contributed by atoms with Crippen LogP contribution >= 0.6 is 11.6 Å². The lowest BCUT2D eigenvalue weighted by Gasteiger charge is -2.04. The molecule has 0 saturated heterocycles. The van der Waals surface area contributed by atoms with Gasteiger partial charge in [-0.3, -0.25) is 4.79 Å². The minimum atomic E-state index is -0.172. The van der Waals surface area contributed by atoms with Crippen molar-refractivity contribution in [1.29, 1.82) is 0 Å². The Balaban J connectivity index is 0.000000753. The van der Waals surface area contributed by atoms with Crippen molar-refractivity contribution in [1.82, 2.24) is 19.9 Å². The first-order valence-electron chi connectivity index (χ1n) is 7.34. The van der Waals surface area contributed by atoms with Crippen LogP contribution in [0.2, 0.25) is 5.15 Å². The van der Waals surface area contributed by atoms with Crippen molar-refractivity contribution < 1.29 is 0 Å². The third-order valence-corrected chi connectivity index (χ3v) is 3.62. The molecule has 0 radical (unpaired) electrons. The number of pyridine rings is 1. The third-order valence-electron chi connectivity index (χ3n) is 3.41. The molecule has 0 bridgehead atoms. The highest BCUT2D eigenvalue weighted by Gasteiger charge is 2.10. The van der Waals surface area contributed by atoms with E-state index in [-0.39, 0.29) is 5.56 Å². The molecule has 1 aromatic carbocycles. The van der Waals surface area contributed by atoms with Gasteiger partial charge in [0, 0.05) is 10.9 Å². The number of para-hydroxylation sites is 1. The van der Waals surface area contributed by atoms with Crippen LogP contribution in [-0.2, 0) is 0 Å². The molecule has 4 rings (SSSR count). The molecule has 0 amide bonds. The molecule has 0 unspecified atom stereocenters. The molecule has 4 aromatic rings. The zero-order valence-electron chi connectivity index (χ0n) is 12.7. The van der Waals surface area contributed by atoms with Crippen LogP contribution < -0.4 is 5.56 Å². The molecule has 0 aliphatic carbocycles. The summed E-state index contributed by atoms with van der Waals surface area (Å²) in [5.41, 5.74) is 2.83. The molecule has 6 heteroatoms. The van der Waals surface area contributed by atoms with E-state index in [1.165, 1.54) is 6.33 Å². The van der Waals surface area contributed by atoms with Crippen LogP contribution in [0.4, 0.5) is 0 Å². The molecule has 5 nitrogen and oxygen atoms in total. The van der Waals surface area contributed by atoms with E-state index in [9.17, 15) is 4.79 Å². The largest absolute Gasteiger partial charge is 0.339 e. The molecule has 116 valence electrons. The number of hydrogen-bond donors (Lipinski definition) is 2. The average Bonchev–Trinajstić information content (AvgIpc) is 3.01. The first kappa shape index (κ1) is 15.2. The Bertz CT molecular complexity index is 1040. The molecule has 0 spiro atoms. The first-order valence-corrected chi connectivity index (χ1v) is 7.72. The van der Waals surface area contributed by atoms with Crippen molar-refractivity contribution in [2.45, 2.75) is 13.8 Å². The standard InChI is InChI=1S/C15H9ClN4O.C2H6/c16-12-5-4-8-2-1-3-9(13(8)20-12)11-6-10-14(19-11)17-7-18-15(10)21;1-2/h1-7H,(H2,17,18,19,21);1-2H3. The highest BCUT2D eigenvalue weighted by Crippen LogP contribution is 2.28. The van der Waals surface area contributed by atoms with Gasteiger partial charge in [-0.25, -0.2) is 9.97 Å². The van der Waals surface area contributed by atoms with E-state index < -0.39 is 0 Å². The Kier molecular flexibility index (Phi) is 4.12. The van der Waals surface area contributed by atoms with E-state index in [0.717, 1.165) is 22.2 Å². The number of nitrogens with one attached hydrogen (secondary N) is 2. The van der Waals surface area contributed by atoms with E-state index in [4.69, 9.17) is 11.6 Å². The summed E-state index contributed by atoms with van der Waals surface area (Å²) in [7, 11) is 0. The van der Waals surface area contributed by atoms with Gasteiger partial charge in [0.15, 0.2) is 0 Å². The van der Waals surface area contributed by atoms with Crippen molar-refractivity contribution in [3.05, 3.63) is 58.2 Å².